The van der Waals surface area contributed by atoms with Crippen LogP contribution in [-0.4, -0.2) is 25.0 Å². The molecule has 0 aliphatic heterocycles. The summed E-state index contributed by atoms with van der Waals surface area (Å²) in [6.45, 7) is 2.29. The minimum absolute atomic E-state index is 0.643. The number of likely N-dealkylation sites (N-methyl/N-ethyl adjacent to an activating group) is 1. The van der Waals surface area contributed by atoms with E-state index in [1.807, 2.05) is 0 Å². The third kappa shape index (κ3) is 8.35. The van der Waals surface area contributed by atoms with E-state index in [1.165, 1.54) is 93.4 Å². The van der Waals surface area contributed by atoms with Crippen LogP contribution in [0.15, 0.2) is 42.5 Å². The second-order valence-corrected chi connectivity index (χ2v) is 8.78. The van der Waals surface area contributed by atoms with E-state index in [0.717, 1.165) is 6.42 Å². The van der Waals surface area contributed by atoms with Crippen LogP contribution in [-0.2, 0) is 6.42 Å². The van der Waals surface area contributed by atoms with Crippen molar-refractivity contribution in [1.82, 2.24) is 4.90 Å². The summed E-state index contributed by atoms with van der Waals surface area (Å²) >= 11 is 0. The third-order valence-corrected chi connectivity index (χ3v) is 6.21. The number of fused-ring (bicyclic) bond motifs is 1. The zero-order chi connectivity index (χ0) is 20.0. The van der Waals surface area contributed by atoms with Gasteiger partial charge in [0.15, 0.2) is 0 Å². The Balaban J connectivity index is 1.65. The maximum atomic E-state index is 2.43. The van der Waals surface area contributed by atoms with E-state index in [4.69, 9.17) is 0 Å². The summed E-state index contributed by atoms with van der Waals surface area (Å²) in [5, 5.41) is 2.79. The van der Waals surface area contributed by atoms with Gasteiger partial charge in [-0.2, -0.15) is 0 Å². The monoisotopic (exact) mass is 381 g/mol. The molecule has 1 heteroatoms. The third-order valence-electron chi connectivity index (χ3n) is 6.21. The molecule has 0 spiro atoms. The first-order valence-corrected chi connectivity index (χ1v) is 11.9. The number of unbranched alkanes of at least 4 members (excludes halogenated alkanes) is 10. The normalized spacial score (nSPS) is 12.7. The SMILES string of the molecule is CCCCCCCCCCCCCC(Cc1cccc2ccccc12)N(C)C. The standard InChI is InChI=1S/C27H43N/c1-4-5-6-7-8-9-10-11-12-13-14-21-26(28(2)3)23-25-20-17-19-24-18-15-16-22-27(24)25/h15-20,22,26H,4-14,21,23H2,1-3H3. The van der Waals surface area contributed by atoms with Crippen molar-refractivity contribution in [2.45, 2.75) is 96.4 Å². The Morgan fingerprint density at radius 1 is 0.679 bits per heavy atom. The fraction of sp³-hybridized carbons (Fsp3) is 0.630. The van der Waals surface area contributed by atoms with Crippen LogP contribution < -0.4 is 0 Å². The maximum absolute atomic E-state index is 2.43. The first-order chi connectivity index (χ1) is 13.7. The molecule has 0 aliphatic rings. The van der Waals surface area contributed by atoms with Gasteiger partial charge >= 0.3 is 0 Å². The van der Waals surface area contributed by atoms with Crippen molar-refractivity contribution >= 4 is 10.8 Å². The molecule has 0 bridgehead atoms. The van der Waals surface area contributed by atoms with E-state index in [9.17, 15) is 0 Å². The van der Waals surface area contributed by atoms with E-state index in [2.05, 4.69) is 68.4 Å². The Labute approximate surface area is 174 Å². The molecule has 2 aromatic carbocycles. The molecule has 1 nitrogen and oxygen atoms in total. The zero-order valence-corrected chi connectivity index (χ0v) is 18.8. The van der Waals surface area contributed by atoms with Crippen LogP contribution in [0, 0.1) is 0 Å². The molecule has 1 atom stereocenters. The van der Waals surface area contributed by atoms with Gasteiger partial charge in [-0.3, -0.25) is 0 Å². The van der Waals surface area contributed by atoms with Crippen molar-refractivity contribution in [3.8, 4) is 0 Å². The van der Waals surface area contributed by atoms with Crippen LogP contribution in [0.25, 0.3) is 10.8 Å². The molecule has 1 unspecified atom stereocenters. The van der Waals surface area contributed by atoms with Crippen LogP contribution in [0.2, 0.25) is 0 Å². The van der Waals surface area contributed by atoms with Crippen molar-refractivity contribution in [3.63, 3.8) is 0 Å². The van der Waals surface area contributed by atoms with Crippen molar-refractivity contribution in [1.29, 1.82) is 0 Å². The molecule has 0 saturated heterocycles. The first-order valence-electron chi connectivity index (χ1n) is 11.9. The molecule has 156 valence electrons. The van der Waals surface area contributed by atoms with E-state index in [1.54, 1.807) is 0 Å². The molecule has 0 radical (unpaired) electrons. The Morgan fingerprint density at radius 3 is 1.89 bits per heavy atom. The summed E-state index contributed by atoms with van der Waals surface area (Å²) in [6, 6.07) is 16.2. The Hall–Kier alpha value is -1.34. The average Bonchev–Trinajstić information content (AvgIpc) is 2.71. The van der Waals surface area contributed by atoms with Gasteiger partial charge in [-0.05, 0) is 43.3 Å². The molecule has 0 amide bonds. The summed E-state index contributed by atoms with van der Waals surface area (Å²) in [7, 11) is 4.49. The molecule has 0 saturated carbocycles. The molecule has 0 aromatic heterocycles. The van der Waals surface area contributed by atoms with Gasteiger partial charge in [0.1, 0.15) is 0 Å². The predicted molar refractivity (Wildman–Crippen MR) is 126 cm³/mol. The number of hydrogen-bond acceptors (Lipinski definition) is 1. The molecule has 0 fully saturated rings. The van der Waals surface area contributed by atoms with E-state index in [-0.39, 0.29) is 0 Å². The van der Waals surface area contributed by atoms with Gasteiger partial charge in [0.25, 0.3) is 0 Å². The number of benzene rings is 2. The van der Waals surface area contributed by atoms with Gasteiger partial charge in [0.05, 0.1) is 0 Å². The lowest BCUT2D eigenvalue weighted by atomic mass is 9.95. The largest absolute Gasteiger partial charge is 0.306 e. The summed E-state index contributed by atoms with van der Waals surface area (Å²) < 4.78 is 0. The number of rotatable bonds is 15. The van der Waals surface area contributed by atoms with Crippen LogP contribution in [0.3, 0.4) is 0 Å². The first kappa shape index (κ1) is 22.9. The molecule has 2 aromatic rings. The molecule has 0 aliphatic carbocycles. The van der Waals surface area contributed by atoms with Crippen molar-refractivity contribution < 1.29 is 0 Å². The molecule has 28 heavy (non-hydrogen) atoms. The van der Waals surface area contributed by atoms with Crippen molar-refractivity contribution in [2.24, 2.45) is 0 Å². The zero-order valence-electron chi connectivity index (χ0n) is 18.8. The highest BCUT2D eigenvalue weighted by Crippen LogP contribution is 2.22. The van der Waals surface area contributed by atoms with Gasteiger partial charge in [-0.1, -0.05) is 120 Å². The van der Waals surface area contributed by atoms with Gasteiger partial charge in [0, 0.05) is 6.04 Å². The lowest BCUT2D eigenvalue weighted by Gasteiger charge is -2.25. The fourth-order valence-corrected chi connectivity index (χ4v) is 4.31. The maximum Gasteiger partial charge on any atom is 0.0130 e. The molecule has 2 rings (SSSR count). The summed E-state index contributed by atoms with van der Waals surface area (Å²) in [5.41, 5.74) is 1.50. The Bertz CT molecular complexity index is 640. The topological polar surface area (TPSA) is 3.24 Å². The van der Waals surface area contributed by atoms with E-state index >= 15 is 0 Å². The highest BCUT2D eigenvalue weighted by molar-refractivity contribution is 5.85. The minimum Gasteiger partial charge on any atom is -0.306 e. The summed E-state index contributed by atoms with van der Waals surface area (Å²) in [6.07, 6.45) is 18.1. The molecule has 0 heterocycles. The quantitative estimate of drug-likeness (QED) is 0.282. The van der Waals surface area contributed by atoms with E-state index < -0.39 is 0 Å². The van der Waals surface area contributed by atoms with Gasteiger partial charge in [0.2, 0.25) is 0 Å². The second kappa shape index (κ2) is 13.8. The van der Waals surface area contributed by atoms with E-state index in [0.29, 0.717) is 6.04 Å². The minimum atomic E-state index is 0.643. The van der Waals surface area contributed by atoms with Gasteiger partial charge in [-0.15, -0.1) is 0 Å². The predicted octanol–water partition coefficient (Wildman–Crippen LogP) is 8.01. The Kier molecular flexibility index (Phi) is 11.3. The van der Waals surface area contributed by atoms with Crippen molar-refractivity contribution in [2.75, 3.05) is 14.1 Å². The molecular weight excluding hydrogens is 338 g/mol. The van der Waals surface area contributed by atoms with Crippen LogP contribution in [0.1, 0.15) is 89.5 Å². The van der Waals surface area contributed by atoms with Crippen LogP contribution >= 0.6 is 0 Å². The van der Waals surface area contributed by atoms with Gasteiger partial charge < -0.3 is 4.90 Å². The average molecular weight is 382 g/mol. The van der Waals surface area contributed by atoms with Crippen LogP contribution in [0.5, 0.6) is 0 Å². The fourth-order valence-electron chi connectivity index (χ4n) is 4.31. The highest BCUT2D eigenvalue weighted by Gasteiger charge is 2.13. The highest BCUT2D eigenvalue weighted by atomic mass is 15.1. The Morgan fingerprint density at radius 2 is 1.25 bits per heavy atom. The van der Waals surface area contributed by atoms with Crippen LogP contribution in [0.4, 0.5) is 0 Å². The number of hydrogen-bond donors (Lipinski definition) is 0. The molecule has 0 N–H and O–H groups in total. The smallest absolute Gasteiger partial charge is 0.0130 e. The summed E-state index contributed by atoms with van der Waals surface area (Å²) in [4.78, 5) is 2.43. The second-order valence-electron chi connectivity index (χ2n) is 8.78. The molecular formula is C27H43N. The van der Waals surface area contributed by atoms with Crippen molar-refractivity contribution in [3.05, 3.63) is 48.0 Å². The lowest BCUT2D eigenvalue weighted by Crippen LogP contribution is -2.30. The number of nitrogens with zero attached hydrogens (tertiary/aromatic N) is 1. The lowest BCUT2D eigenvalue weighted by molar-refractivity contribution is 0.270. The summed E-state index contributed by atoms with van der Waals surface area (Å²) in [5.74, 6) is 0. The van der Waals surface area contributed by atoms with Gasteiger partial charge in [-0.25, -0.2) is 0 Å².